The molecule has 132 valence electrons. The molecular weight excluding hydrogens is 310 g/mol. The highest BCUT2D eigenvalue weighted by Gasteiger charge is 2.40. The van der Waals surface area contributed by atoms with Crippen LogP contribution in [0.2, 0.25) is 0 Å². The van der Waals surface area contributed by atoms with Gasteiger partial charge >= 0.3 is 0 Å². The summed E-state index contributed by atoms with van der Waals surface area (Å²) in [5.41, 5.74) is 1.63. The Hall–Kier alpha value is -1.98. The number of aromatic nitrogens is 2. The zero-order valence-corrected chi connectivity index (χ0v) is 15.1. The first-order valence-corrected chi connectivity index (χ1v) is 9.18. The first-order chi connectivity index (χ1) is 12.1. The molecule has 4 rings (SSSR count). The molecule has 2 aromatic rings. The van der Waals surface area contributed by atoms with Gasteiger partial charge in [-0.3, -0.25) is 4.90 Å². The predicted octanol–water partition coefficient (Wildman–Crippen LogP) is 2.31. The minimum absolute atomic E-state index is 0.238. The van der Waals surface area contributed by atoms with E-state index in [2.05, 4.69) is 69.5 Å². The maximum absolute atomic E-state index is 4.19. The lowest BCUT2D eigenvalue weighted by atomic mass is 9.98. The van der Waals surface area contributed by atoms with Gasteiger partial charge in [0.05, 0.1) is 0 Å². The molecule has 0 saturated carbocycles. The third-order valence-electron chi connectivity index (χ3n) is 5.49. The number of rotatable bonds is 5. The molecular formula is C20H27N5. The largest absolute Gasteiger partial charge is 0.352 e. The highest BCUT2D eigenvalue weighted by molar-refractivity contribution is 5.40. The third kappa shape index (κ3) is 3.67. The molecule has 2 saturated heterocycles. The standard InChI is InChI=1S/C20H27N5/c1-20(2)11-17(15-25(20)12-16-7-4-3-5-8-16)22-18-13-24(14-18)19-9-6-10-21-23-19/h3-10,17-18,22H,11-15H2,1-2H3. The van der Waals surface area contributed by atoms with Crippen LogP contribution in [0.25, 0.3) is 0 Å². The monoisotopic (exact) mass is 337 g/mol. The number of nitrogens with one attached hydrogen (secondary N) is 1. The van der Waals surface area contributed by atoms with Gasteiger partial charge in [-0.05, 0) is 38.0 Å². The third-order valence-corrected chi connectivity index (χ3v) is 5.49. The van der Waals surface area contributed by atoms with E-state index < -0.39 is 0 Å². The van der Waals surface area contributed by atoms with Crippen LogP contribution in [-0.4, -0.2) is 52.4 Å². The normalized spacial score (nSPS) is 23.6. The van der Waals surface area contributed by atoms with Crippen LogP contribution in [0.1, 0.15) is 25.8 Å². The second-order valence-electron chi connectivity index (χ2n) is 7.93. The summed E-state index contributed by atoms with van der Waals surface area (Å²) in [5, 5.41) is 12.0. The van der Waals surface area contributed by atoms with E-state index in [0.29, 0.717) is 12.1 Å². The van der Waals surface area contributed by atoms with E-state index in [1.807, 2.05) is 12.1 Å². The molecule has 2 fully saturated rings. The van der Waals surface area contributed by atoms with Crippen molar-refractivity contribution < 1.29 is 0 Å². The van der Waals surface area contributed by atoms with Crippen LogP contribution in [-0.2, 0) is 6.54 Å². The minimum atomic E-state index is 0.238. The van der Waals surface area contributed by atoms with Crippen molar-refractivity contribution in [3.05, 3.63) is 54.2 Å². The fourth-order valence-electron chi connectivity index (χ4n) is 4.07. The molecule has 2 aliphatic rings. The molecule has 2 aliphatic heterocycles. The average molecular weight is 337 g/mol. The Labute approximate surface area is 150 Å². The SMILES string of the molecule is CC1(C)CC(NC2CN(c3cccnn3)C2)CN1Cc1ccccc1. The Morgan fingerprint density at radius 1 is 1.04 bits per heavy atom. The first kappa shape index (κ1) is 16.5. The Morgan fingerprint density at radius 3 is 2.56 bits per heavy atom. The van der Waals surface area contributed by atoms with Crippen LogP contribution in [0.4, 0.5) is 5.82 Å². The molecule has 25 heavy (non-hydrogen) atoms. The van der Waals surface area contributed by atoms with Crippen molar-refractivity contribution in [2.75, 3.05) is 24.5 Å². The van der Waals surface area contributed by atoms with Crippen molar-refractivity contribution >= 4 is 5.82 Å². The Bertz CT molecular complexity index is 682. The molecule has 0 spiro atoms. The summed E-state index contributed by atoms with van der Waals surface area (Å²) in [6.07, 6.45) is 2.92. The molecule has 0 aliphatic carbocycles. The van der Waals surface area contributed by atoms with Gasteiger partial charge in [-0.2, -0.15) is 5.10 Å². The minimum Gasteiger partial charge on any atom is -0.352 e. The summed E-state index contributed by atoms with van der Waals surface area (Å²) in [4.78, 5) is 4.89. The molecule has 0 amide bonds. The van der Waals surface area contributed by atoms with Crippen molar-refractivity contribution in [2.24, 2.45) is 0 Å². The van der Waals surface area contributed by atoms with Crippen LogP contribution in [0, 0.1) is 0 Å². The van der Waals surface area contributed by atoms with Crippen LogP contribution in [0.15, 0.2) is 48.7 Å². The Kier molecular flexibility index (Phi) is 4.44. The molecule has 5 nitrogen and oxygen atoms in total. The van der Waals surface area contributed by atoms with Gasteiger partial charge in [-0.25, -0.2) is 0 Å². The Balaban J connectivity index is 1.30. The van der Waals surface area contributed by atoms with E-state index in [-0.39, 0.29) is 5.54 Å². The second-order valence-corrected chi connectivity index (χ2v) is 7.93. The van der Waals surface area contributed by atoms with E-state index in [0.717, 1.165) is 32.0 Å². The summed E-state index contributed by atoms with van der Waals surface area (Å²) >= 11 is 0. The molecule has 1 aromatic carbocycles. The van der Waals surface area contributed by atoms with Crippen LogP contribution >= 0.6 is 0 Å². The van der Waals surface area contributed by atoms with Gasteiger partial charge in [0.25, 0.3) is 0 Å². The van der Waals surface area contributed by atoms with Gasteiger partial charge in [-0.15, -0.1) is 5.10 Å². The van der Waals surface area contributed by atoms with Crippen molar-refractivity contribution in [1.82, 2.24) is 20.4 Å². The summed E-state index contributed by atoms with van der Waals surface area (Å²) < 4.78 is 0. The van der Waals surface area contributed by atoms with E-state index >= 15 is 0 Å². The number of benzene rings is 1. The zero-order chi connectivity index (χ0) is 17.3. The van der Waals surface area contributed by atoms with E-state index in [4.69, 9.17) is 0 Å². The number of hydrogen-bond donors (Lipinski definition) is 1. The first-order valence-electron chi connectivity index (χ1n) is 9.18. The van der Waals surface area contributed by atoms with Gasteiger partial charge in [-0.1, -0.05) is 30.3 Å². The molecule has 5 heteroatoms. The average Bonchev–Trinajstić information content (AvgIpc) is 2.86. The number of anilines is 1. The summed E-state index contributed by atoms with van der Waals surface area (Å²) in [6, 6.07) is 15.9. The summed E-state index contributed by atoms with van der Waals surface area (Å²) in [6.45, 7) is 8.92. The zero-order valence-electron chi connectivity index (χ0n) is 15.1. The summed E-state index contributed by atoms with van der Waals surface area (Å²) in [7, 11) is 0. The fourth-order valence-corrected chi connectivity index (χ4v) is 4.07. The second kappa shape index (κ2) is 6.73. The van der Waals surface area contributed by atoms with Gasteiger partial charge in [0.1, 0.15) is 0 Å². The number of hydrogen-bond acceptors (Lipinski definition) is 5. The maximum atomic E-state index is 4.19. The molecule has 0 radical (unpaired) electrons. The molecule has 1 aromatic heterocycles. The van der Waals surface area contributed by atoms with E-state index in [1.54, 1.807) is 6.20 Å². The van der Waals surface area contributed by atoms with E-state index in [9.17, 15) is 0 Å². The van der Waals surface area contributed by atoms with Crippen LogP contribution in [0.3, 0.4) is 0 Å². The van der Waals surface area contributed by atoms with Crippen molar-refractivity contribution in [3.8, 4) is 0 Å². The van der Waals surface area contributed by atoms with Gasteiger partial charge in [0.2, 0.25) is 0 Å². The number of likely N-dealkylation sites (tertiary alicyclic amines) is 1. The predicted molar refractivity (Wildman–Crippen MR) is 101 cm³/mol. The summed E-state index contributed by atoms with van der Waals surface area (Å²) in [5.74, 6) is 0.984. The molecule has 0 bridgehead atoms. The highest BCUT2D eigenvalue weighted by Crippen LogP contribution is 2.31. The van der Waals surface area contributed by atoms with Crippen molar-refractivity contribution in [1.29, 1.82) is 0 Å². The van der Waals surface area contributed by atoms with Crippen molar-refractivity contribution in [2.45, 2.75) is 44.4 Å². The number of nitrogens with zero attached hydrogens (tertiary/aromatic N) is 4. The highest BCUT2D eigenvalue weighted by atomic mass is 15.3. The molecule has 1 atom stereocenters. The van der Waals surface area contributed by atoms with Gasteiger partial charge < -0.3 is 10.2 Å². The molecule has 3 heterocycles. The van der Waals surface area contributed by atoms with Gasteiger partial charge in [0.15, 0.2) is 5.82 Å². The molecule has 1 N–H and O–H groups in total. The molecule has 1 unspecified atom stereocenters. The fraction of sp³-hybridized carbons (Fsp3) is 0.500. The van der Waals surface area contributed by atoms with Crippen molar-refractivity contribution in [3.63, 3.8) is 0 Å². The van der Waals surface area contributed by atoms with Crippen LogP contribution in [0.5, 0.6) is 0 Å². The smallest absolute Gasteiger partial charge is 0.151 e. The lowest BCUT2D eigenvalue weighted by molar-refractivity contribution is 0.166. The quantitative estimate of drug-likeness (QED) is 0.907. The van der Waals surface area contributed by atoms with E-state index in [1.165, 1.54) is 12.0 Å². The van der Waals surface area contributed by atoms with Gasteiger partial charge in [0, 0.05) is 50.0 Å². The maximum Gasteiger partial charge on any atom is 0.151 e. The topological polar surface area (TPSA) is 44.3 Å². The Morgan fingerprint density at radius 2 is 1.84 bits per heavy atom. The lowest BCUT2D eigenvalue weighted by Gasteiger charge is -2.41. The lowest BCUT2D eigenvalue weighted by Crippen LogP contribution is -2.60. The van der Waals surface area contributed by atoms with Crippen LogP contribution < -0.4 is 10.2 Å².